The molecule has 0 radical (unpaired) electrons. The number of allylic oxidation sites excluding steroid dienone is 2. The van der Waals surface area contributed by atoms with Gasteiger partial charge in [0.25, 0.3) is 11.8 Å². The van der Waals surface area contributed by atoms with Crippen LogP contribution in [0.3, 0.4) is 0 Å². The highest BCUT2D eigenvalue weighted by molar-refractivity contribution is 6.08. The smallest absolute Gasteiger partial charge is 0.254 e. The number of imide groups is 1. The molecule has 28 heavy (non-hydrogen) atoms. The van der Waals surface area contributed by atoms with Crippen molar-refractivity contribution in [3.63, 3.8) is 0 Å². The van der Waals surface area contributed by atoms with Gasteiger partial charge in [0.05, 0.1) is 24.7 Å². The van der Waals surface area contributed by atoms with Gasteiger partial charge in [-0.25, -0.2) is 0 Å². The average molecular weight is 374 g/mol. The van der Waals surface area contributed by atoms with E-state index in [2.05, 4.69) is 17.3 Å². The second-order valence-electron chi connectivity index (χ2n) is 7.71. The molecule has 4 atom stereocenters. The van der Waals surface area contributed by atoms with E-state index in [0.717, 1.165) is 34.2 Å². The third-order valence-corrected chi connectivity index (χ3v) is 6.27. The minimum Gasteiger partial charge on any atom is -0.493 e. The lowest BCUT2D eigenvalue weighted by Gasteiger charge is -2.37. The Balaban J connectivity index is 1.52. The number of hydrogen-bond acceptors (Lipinski definition) is 4. The van der Waals surface area contributed by atoms with Gasteiger partial charge in [-0.15, -0.1) is 0 Å². The van der Waals surface area contributed by atoms with Crippen molar-refractivity contribution in [3.8, 4) is 5.75 Å². The number of benzene rings is 2. The number of carbonyl (C=O) groups is 2. The number of carbonyl (C=O) groups excluding carboxylic acids is 2. The van der Waals surface area contributed by atoms with Crippen molar-refractivity contribution < 1.29 is 14.3 Å². The first-order valence-electron chi connectivity index (χ1n) is 9.93. The molecule has 5 heteroatoms. The van der Waals surface area contributed by atoms with Crippen molar-refractivity contribution >= 4 is 28.8 Å². The largest absolute Gasteiger partial charge is 0.493 e. The first kappa shape index (κ1) is 17.2. The molecule has 2 fully saturated rings. The van der Waals surface area contributed by atoms with Crippen LogP contribution in [0.2, 0.25) is 0 Å². The monoisotopic (exact) mass is 374 g/mol. The van der Waals surface area contributed by atoms with E-state index in [9.17, 15) is 9.59 Å². The van der Waals surface area contributed by atoms with Crippen molar-refractivity contribution in [2.75, 3.05) is 6.61 Å². The maximum atomic E-state index is 13.0. The molecule has 1 saturated heterocycles. The third kappa shape index (κ3) is 2.49. The summed E-state index contributed by atoms with van der Waals surface area (Å²) in [5.74, 6) is 0.223. The average Bonchev–Trinajstić information content (AvgIpc) is 3.00. The summed E-state index contributed by atoms with van der Waals surface area (Å²) in [5, 5.41) is 7.51. The quantitative estimate of drug-likeness (QED) is 0.465. The Morgan fingerprint density at radius 1 is 1.04 bits per heavy atom. The van der Waals surface area contributed by atoms with E-state index in [-0.39, 0.29) is 35.5 Å². The molecule has 3 aliphatic carbocycles. The molecule has 0 aromatic heterocycles. The lowest BCUT2D eigenvalue weighted by molar-refractivity contribution is -0.140. The SMILES string of the molecule is CCOc1ccc2ccccc2c1/C=N\N1C(=O)[C@@H]2[C@H](C1=O)[C@@H]1C=C[C@@H]2CC1. The Morgan fingerprint density at radius 2 is 1.71 bits per heavy atom. The first-order valence-corrected chi connectivity index (χ1v) is 9.93. The van der Waals surface area contributed by atoms with Crippen LogP contribution in [-0.2, 0) is 9.59 Å². The highest BCUT2D eigenvalue weighted by Crippen LogP contribution is 2.49. The van der Waals surface area contributed by atoms with E-state index in [1.165, 1.54) is 0 Å². The number of fused-ring (bicyclic) bond motifs is 2. The molecule has 142 valence electrons. The van der Waals surface area contributed by atoms with Crippen molar-refractivity contribution in [2.24, 2.45) is 28.8 Å². The Bertz CT molecular complexity index is 994. The highest BCUT2D eigenvalue weighted by atomic mass is 16.5. The van der Waals surface area contributed by atoms with Gasteiger partial charge in [0.1, 0.15) is 5.75 Å². The summed E-state index contributed by atoms with van der Waals surface area (Å²) in [6.07, 6.45) is 7.81. The summed E-state index contributed by atoms with van der Waals surface area (Å²) in [5.41, 5.74) is 0.788. The van der Waals surface area contributed by atoms with Crippen molar-refractivity contribution in [3.05, 3.63) is 54.1 Å². The van der Waals surface area contributed by atoms with Crippen LogP contribution in [-0.4, -0.2) is 29.6 Å². The normalized spacial score (nSPS) is 28.5. The van der Waals surface area contributed by atoms with Gasteiger partial charge in [-0.2, -0.15) is 10.1 Å². The molecule has 0 unspecified atom stereocenters. The Hall–Kier alpha value is -2.95. The second-order valence-corrected chi connectivity index (χ2v) is 7.71. The zero-order valence-corrected chi connectivity index (χ0v) is 15.7. The molecular formula is C23H22N2O3. The number of ether oxygens (including phenoxy) is 1. The fourth-order valence-electron chi connectivity index (χ4n) is 4.98. The molecule has 0 spiro atoms. The standard InChI is InChI=1S/C23H22N2O3/c1-2-28-19-12-11-14-5-3-4-6-17(14)18(19)13-24-25-22(26)20-15-7-8-16(10-9-15)21(20)23(25)27/h3-8,11-13,15-16,20-21H,2,9-10H2,1H3/b24-13-/t15-,16-,20-,21+/m1/s1. The van der Waals surface area contributed by atoms with Gasteiger partial charge >= 0.3 is 0 Å². The maximum Gasteiger partial charge on any atom is 0.254 e. The molecule has 2 amide bonds. The van der Waals surface area contributed by atoms with Crippen LogP contribution in [0.4, 0.5) is 0 Å². The van der Waals surface area contributed by atoms with Crippen LogP contribution < -0.4 is 4.74 Å². The van der Waals surface area contributed by atoms with Gasteiger partial charge in [0.15, 0.2) is 0 Å². The maximum absolute atomic E-state index is 13.0. The van der Waals surface area contributed by atoms with E-state index in [1.54, 1.807) is 6.21 Å². The lowest BCUT2D eigenvalue weighted by atomic mass is 9.63. The Morgan fingerprint density at radius 3 is 2.36 bits per heavy atom. The number of amides is 2. The van der Waals surface area contributed by atoms with Crippen LogP contribution in [0, 0.1) is 23.7 Å². The van der Waals surface area contributed by atoms with Crippen LogP contribution in [0.1, 0.15) is 25.3 Å². The third-order valence-electron chi connectivity index (χ3n) is 6.27. The summed E-state index contributed by atoms with van der Waals surface area (Å²) >= 11 is 0. The van der Waals surface area contributed by atoms with Crippen molar-refractivity contribution in [1.82, 2.24) is 5.01 Å². The minimum atomic E-state index is -0.243. The van der Waals surface area contributed by atoms with Crippen molar-refractivity contribution in [1.29, 1.82) is 0 Å². The van der Waals surface area contributed by atoms with Gasteiger partial charge < -0.3 is 4.74 Å². The molecule has 2 bridgehead atoms. The number of rotatable bonds is 4. The summed E-state index contributed by atoms with van der Waals surface area (Å²) < 4.78 is 5.76. The summed E-state index contributed by atoms with van der Waals surface area (Å²) in [4.78, 5) is 25.9. The Kier molecular flexibility index (Phi) is 4.04. The number of hydrazone groups is 1. The predicted molar refractivity (Wildman–Crippen MR) is 107 cm³/mol. The lowest BCUT2D eigenvalue weighted by Crippen LogP contribution is -2.38. The van der Waals surface area contributed by atoms with Gasteiger partial charge in [-0.05, 0) is 48.4 Å². The Labute approximate surface area is 163 Å². The zero-order valence-electron chi connectivity index (χ0n) is 15.7. The highest BCUT2D eigenvalue weighted by Gasteiger charge is 2.56. The van der Waals surface area contributed by atoms with E-state index < -0.39 is 0 Å². The minimum absolute atomic E-state index is 0.163. The molecule has 1 saturated carbocycles. The molecule has 5 nitrogen and oxygen atoms in total. The van der Waals surface area contributed by atoms with Crippen molar-refractivity contribution in [2.45, 2.75) is 19.8 Å². The summed E-state index contributed by atoms with van der Waals surface area (Å²) in [6.45, 7) is 2.46. The number of nitrogens with zero attached hydrogens (tertiary/aromatic N) is 2. The fraction of sp³-hybridized carbons (Fsp3) is 0.348. The molecule has 1 aliphatic heterocycles. The second kappa shape index (κ2) is 6.59. The molecule has 2 aromatic rings. The van der Waals surface area contributed by atoms with E-state index in [4.69, 9.17) is 4.74 Å². The van der Waals surface area contributed by atoms with E-state index >= 15 is 0 Å². The van der Waals surface area contributed by atoms with Gasteiger partial charge in [-0.3, -0.25) is 9.59 Å². The zero-order chi connectivity index (χ0) is 19.3. The fourth-order valence-corrected chi connectivity index (χ4v) is 4.98. The van der Waals surface area contributed by atoms with Crippen LogP contribution in [0.5, 0.6) is 5.75 Å². The van der Waals surface area contributed by atoms with E-state index in [0.29, 0.717) is 12.4 Å². The van der Waals surface area contributed by atoms with Crippen LogP contribution in [0.15, 0.2) is 53.7 Å². The molecule has 4 aliphatic rings. The first-order chi connectivity index (χ1) is 13.7. The predicted octanol–water partition coefficient (Wildman–Crippen LogP) is 3.77. The molecule has 1 heterocycles. The van der Waals surface area contributed by atoms with Gasteiger partial charge in [0, 0.05) is 5.56 Å². The van der Waals surface area contributed by atoms with E-state index in [1.807, 2.05) is 43.3 Å². The molecule has 6 rings (SSSR count). The van der Waals surface area contributed by atoms with Crippen LogP contribution >= 0.6 is 0 Å². The van der Waals surface area contributed by atoms with Gasteiger partial charge in [-0.1, -0.05) is 42.5 Å². The topological polar surface area (TPSA) is 59.0 Å². The summed E-state index contributed by atoms with van der Waals surface area (Å²) in [7, 11) is 0. The molecule has 2 aromatic carbocycles. The number of hydrogen-bond donors (Lipinski definition) is 0. The summed E-state index contributed by atoms with van der Waals surface area (Å²) in [6, 6.07) is 11.9. The molecular weight excluding hydrogens is 352 g/mol. The molecule has 0 N–H and O–H groups in total. The van der Waals surface area contributed by atoms with Crippen LogP contribution in [0.25, 0.3) is 10.8 Å². The van der Waals surface area contributed by atoms with Gasteiger partial charge in [0.2, 0.25) is 0 Å².